The second-order valence-corrected chi connectivity index (χ2v) is 7.22. The Morgan fingerprint density at radius 2 is 2.07 bits per heavy atom. The fourth-order valence-corrected chi connectivity index (χ4v) is 3.83. The minimum Gasteiger partial charge on any atom is -0.457 e. The maximum atomic E-state index is 12.9. The summed E-state index contributed by atoms with van der Waals surface area (Å²) >= 11 is 1.02. The van der Waals surface area contributed by atoms with E-state index in [9.17, 15) is 14.4 Å². The lowest BCUT2D eigenvalue weighted by molar-refractivity contribution is 0.0478. The highest BCUT2D eigenvalue weighted by molar-refractivity contribution is 7.20. The number of esters is 1. The van der Waals surface area contributed by atoms with Crippen LogP contribution in [0, 0.1) is 0 Å². The van der Waals surface area contributed by atoms with Crippen LogP contribution in [0.15, 0.2) is 58.4 Å². The van der Waals surface area contributed by atoms with Crippen molar-refractivity contribution in [3.8, 4) is 0 Å². The standard InChI is InChI=1S/C19H16N4O4S/c1-11(15-20-7-8-21-15)23-17(24)13-9-14(28-16(13)22-19(23)26)18(25)27-10-12-5-3-2-4-6-12/h2-9,11H,10H2,1H3,(H,20,21)(H,22,26). The molecule has 0 bridgehead atoms. The van der Waals surface area contributed by atoms with E-state index in [0.29, 0.717) is 10.7 Å². The van der Waals surface area contributed by atoms with Crippen LogP contribution in [0.1, 0.15) is 34.0 Å². The number of carbonyl (C=O) groups excluding carboxylic acids is 1. The largest absolute Gasteiger partial charge is 0.457 e. The lowest BCUT2D eigenvalue weighted by atomic mass is 10.2. The minimum absolute atomic E-state index is 0.129. The molecule has 9 heteroatoms. The van der Waals surface area contributed by atoms with Gasteiger partial charge in [0.25, 0.3) is 5.56 Å². The van der Waals surface area contributed by atoms with Gasteiger partial charge in [-0.3, -0.25) is 9.78 Å². The average Bonchev–Trinajstić information content (AvgIpc) is 3.37. The van der Waals surface area contributed by atoms with Gasteiger partial charge in [-0.2, -0.15) is 0 Å². The molecule has 0 aliphatic rings. The van der Waals surface area contributed by atoms with Crippen molar-refractivity contribution < 1.29 is 9.53 Å². The second-order valence-electron chi connectivity index (χ2n) is 6.17. The first-order valence-corrected chi connectivity index (χ1v) is 9.35. The molecule has 4 rings (SSSR count). The zero-order valence-electron chi connectivity index (χ0n) is 14.8. The van der Waals surface area contributed by atoms with Crippen LogP contribution in [0.4, 0.5) is 0 Å². The van der Waals surface area contributed by atoms with Crippen LogP contribution in [-0.4, -0.2) is 25.5 Å². The number of nitrogens with zero attached hydrogens (tertiary/aromatic N) is 2. The van der Waals surface area contributed by atoms with Crippen molar-refractivity contribution in [2.75, 3.05) is 0 Å². The van der Waals surface area contributed by atoms with Gasteiger partial charge in [0.2, 0.25) is 0 Å². The molecule has 0 radical (unpaired) electrons. The van der Waals surface area contributed by atoms with E-state index >= 15 is 0 Å². The van der Waals surface area contributed by atoms with E-state index in [1.165, 1.54) is 6.07 Å². The molecular weight excluding hydrogens is 380 g/mol. The first-order valence-electron chi connectivity index (χ1n) is 8.53. The van der Waals surface area contributed by atoms with E-state index in [1.54, 1.807) is 19.3 Å². The minimum atomic E-state index is -0.580. The van der Waals surface area contributed by atoms with Crippen molar-refractivity contribution in [1.82, 2.24) is 19.5 Å². The van der Waals surface area contributed by atoms with Crippen LogP contribution in [0.5, 0.6) is 0 Å². The Labute approximate surface area is 162 Å². The molecule has 3 aromatic heterocycles. The van der Waals surface area contributed by atoms with E-state index < -0.39 is 23.3 Å². The molecule has 0 aliphatic carbocycles. The molecule has 142 valence electrons. The number of hydrogen-bond acceptors (Lipinski definition) is 6. The van der Waals surface area contributed by atoms with Crippen molar-refractivity contribution in [1.29, 1.82) is 0 Å². The summed E-state index contributed by atoms with van der Waals surface area (Å²) < 4.78 is 6.38. The van der Waals surface area contributed by atoms with E-state index in [-0.39, 0.29) is 16.9 Å². The van der Waals surface area contributed by atoms with Gasteiger partial charge >= 0.3 is 11.7 Å². The maximum absolute atomic E-state index is 12.9. The number of nitrogens with one attached hydrogen (secondary N) is 2. The third-order valence-corrected chi connectivity index (χ3v) is 5.37. The summed E-state index contributed by atoms with van der Waals surface area (Å²) in [6.07, 6.45) is 3.17. The lowest BCUT2D eigenvalue weighted by Gasteiger charge is -2.11. The molecule has 0 saturated heterocycles. The van der Waals surface area contributed by atoms with Crippen LogP contribution in [0.25, 0.3) is 10.2 Å². The molecule has 1 aromatic carbocycles. The van der Waals surface area contributed by atoms with Crippen molar-refractivity contribution in [2.24, 2.45) is 0 Å². The number of aromatic amines is 2. The van der Waals surface area contributed by atoms with Crippen molar-refractivity contribution >= 4 is 27.5 Å². The summed E-state index contributed by atoms with van der Waals surface area (Å²) in [7, 11) is 0. The van der Waals surface area contributed by atoms with E-state index in [0.717, 1.165) is 21.5 Å². The van der Waals surface area contributed by atoms with Gasteiger partial charge in [0.05, 0.1) is 11.4 Å². The molecule has 28 heavy (non-hydrogen) atoms. The third-order valence-electron chi connectivity index (χ3n) is 4.34. The molecule has 0 amide bonds. The van der Waals surface area contributed by atoms with Crippen LogP contribution in [-0.2, 0) is 11.3 Å². The summed E-state index contributed by atoms with van der Waals surface area (Å²) in [6, 6.07) is 10.2. The molecule has 3 heterocycles. The number of imidazole rings is 1. The Morgan fingerprint density at radius 1 is 1.29 bits per heavy atom. The summed E-state index contributed by atoms with van der Waals surface area (Å²) in [6.45, 7) is 1.83. The fraction of sp³-hybridized carbons (Fsp3) is 0.158. The molecule has 0 saturated carbocycles. The normalized spacial score (nSPS) is 12.2. The number of thiophene rings is 1. The Kier molecular flexibility index (Phi) is 4.66. The van der Waals surface area contributed by atoms with Gasteiger partial charge in [-0.1, -0.05) is 30.3 Å². The van der Waals surface area contributed by atoms with Gasteiger partial charge < -0.3 is 9.72 Å². The summed E-state index contributed by atoms with van der Waals surface area (Å²) in [5.41, 5.74) is -0.187. The van der Waals surface area contributed by atoms with Gasteiger partial charge in [-0.05, 0) is 18.6 Å². The molecule has 0 aliphatic heterocycles. The lowest BCUT2D eigenvalue weighted by Crippen LogP contribution is -2.37. The van der Waals surface area contributed by atoms with Gasteiger partial charge in [-0.25, -0.2) is 19.1 Å². The monoisotopic (exact) mass is 396 g/mol. The Hall–Kier alpha value is -3.46. The molecule has 0 fully saturated rings. The molecule has 1 unspecified atom stereocenters. The predicted octanol–water partition coefficient (Wildman–Crippen LogP) is 2.44. The zero-order chi connectivity index (χ0) is 19.7. The molecule has 2 N–H and O–H groups in total. The predicted molar refractivity (Wildman–Crippen MR) is 105 cm³/mol. The van der Waals surface area contributed by atoms with Crippen molar-refractivity contribution in [3.05, 3.63) is 85.9 Å². The first-order chi connectivity index (χ1) is 13.5. The highest BCUT2D eigenvalue weighted by Crippen LogP contribution is 2.22. The number of carbonyl (C=O) groups is 1. The Morgan fingerprint density at radius 3 is 2.79 bits per heavy atom. The smallest absolute Gasteiger partial charge is 0.348 e. The highest BCUT2D eigenvalue weighted by Gasteiger charge is 2.20. The van der Waals surface area contributed by atoms with Gasteiger partial charge in [0.1, 0.15) is 22.1 Å². The van der Waals surface area contributed by atoms with Gasteiger partial charge in [0.15, 0.2) is 0 Å². The van der Waals surface area contributed by atoms with Crippen LogP contribution in [0.2, 0.25) is 0 Å². The molecule has 4 aromatic rings. The fourth-order valence-electron chi connectivity index (χ4n) is 2.90. The molecule has 1 atom stereocenters. The number of benzene rings is 1. The van der Waals surface area contributed by atoms with E-state index in [4.69, 9.17) is 4.74 Å². The Bertz CT molecular complexity index is 1240. The molecule has 8 nitrogen and oxygen atoms in total. The van der Waals surface area contributed by atoms with Gasteiger partial charge in [0, 0.05) is 12.4 Å². The molecule has 0 spiro atoms. The summed E-state index contributed by atoms with van der Waals surface area (Å²) in [5.74, 6) is -0.0550. The third kappa shape index (κ3) is 3.27. The first kappa shape index (κ1) is 17.9. The second kappa shape index (κ2) is 7.28. The highest BCUT2D eigenvalue weighted by atomic mass is 32.1. The number of H-pyrrole nitrogens is 2. The number of aromatic nitrogens is 4. The average molecular weight is 396 g/mol. The summed E-state index contributed by atoms with van der Waals surface area (Å²) in [5, 5.41) is 0.259. The quantitative estimate of drug-likeness (QED) is 0.504. The van der Waals surface area contributed by atoms with Gasteiger partial charge in [-0.15, -0.1) is 11.3 Å². The molecular formula is C19H16N4O4S. The van der Waals surface area contributed by atoms with Crippen LogP contribution >= 0.6 is 11.3 Å². The number of ether oxygens (including phenoxy) is 1. The Balaban J connectivity index is 1.66. The van der Waals surface area contributed by atoms with Crippen molar-refractivity contribution in [3.63, 3.8) is 0 Å². The number of rotatable bonds is 5. The van der Waals surface area contributed by atoms with Crippen molar-refractivity contribution in [2.45, 2.75) is 19.6 Å². The SMILES string of the molecule is CC(c1ncc[nH]1)n1c(=O)[nH]c2sc(C(=O)OCc3ccccc3)cc2c1=O. The van der Waals surface area contributed by atoms with Crippen LogP contribution in [0.3, 0.4) is 0 Å². The number of hydrogen-bond donors (Lipinski definition) is 2. The number of fused-ring (bicyclic) bond motifs is 1. The van der Waals surface area contributed by atoms with E-state index in [1.807, 2.05) is 30.3 Å². The van der Waals surface area contributed by atoms with Crippen LogP contribution < -0.4 is 11.2 Å². The van der Waals surface area contributed by atoms with E-state index in [2.05, 4.69) is 15.0 Å². The zero-order valence-corrected chi connectivity index (χ0v) is 15.7. The maximum Gasteiger partial charge on any atom is 0.348 e. The summed E-state index contributed by atoms with van der Waals surface area (Å²) in [4.78, 5) is 47.9. The topological polar surface area (TPSA) is 110 Å².